The van der Waals surface area contributed by atoms with Gasteiger partial charge in [0.1, 0.15) is 11.4 Å². The quantitative estimate of drug-likeness (QED) is 0.701. The van der Waals surface area contributed by atoms with E-state index in [1.54, 1.807) is 7.11 Å². The summed E-state index contributed by atoms with van der Waals surface area (Å²) >= 11 is 0. The Bertz CT molecular complexity index is 821. The zero-order valence-corrected chi connectivity index (χ0v) is 18.4. The number of ether oxygens (including phenoxy) is 1. The average Bonchev–Trinajstić information content (AvgIpc) is 3.45. The summed E-state index contributed by atoms with van der Waals surface area (Å²) in [5.41, 5.74) is 2.11. The molecule has 1 amide bonds. The lowest BCUT2D eigenvalue weighted by atomic mass is 9.97. The van der Waals surface area contributed by atoms with Gasteiger partial charge in [0.25, 0.3) is 0 Å². The molecule has 0 bridgehead atoms. The third-order valence-electron chi connectivity index (χ3n) is 5.96. The van der Waals surface area contributed by atoms with E-state index in [0.717, 1.165) is 69.1 Å². The van der Waals surface area contributed by atoms with Gasteiger partial charge in [0, 0.05) is 25.8 Å². The van der Waals surface area contributed by atoms with Crippen molar-refractivity contribution >= 4 is 18.3 Å². The van der Waals surface area contributed by atoms with Crippen LogP contribution in [0.1, 0.15) is 31.4 Å². The highest BCUT2D eigenvalue weighted by Crippen LogP contribution is 2.24. The van der Waals surface area contributed by atoms with Gasteiger partial charge in [-0.3, -0.25) is 9.69 Å². The number of rotatable bonds is 7. The van der Waals surface area contributed by atoms with Gasteiger partial charge in [0.05, 0.1) is 18.8 Å². The molecule has 30 heavy (non-hydrogen) atoms. The van der Waals surface area contributed by atoms with E-state index in [9.17, 15) is 4.79 Å². The smallest absolute Gasteiger partial charge is 0.237 e. The fourth-order valence-electron chi connectivity index (χ4n) is 4.44. The highest BCUT2D eigenvalue weighted by Gasteiger charge is 2.25. The molecule has 3 heterocycles. The van der Waals surface area contributed by atoms with Crippen molar-refractivity contribution in [2.45, 2.75) is 38.3 Å². The summed E-state index contributed by atoms with van der Waals surface area (Å²) in [6.45, 7) is 4.63. The molecule has 0 radical (unpaired) electrons. The lowest BCUT2D eigenvalue weighted by molar-refractivity contribution is -0.123. The Labute approximate surface area is 184 Å². The molecule has 2 atom stereocenters. The van der Waals surface area contributed by atoms with E-state index >= 15 is 0 Å². The van der Waals surface area contributed by atoms with Crippen LogP contribution in [0, 0.1) is 5.92 Å². The molecule has 0 aliphatic carbocycles. The number of nitrogens with zero attached hydrogens (tertiary/aromatic N) is 3. The Morgan fingerprint density at radius 3 is 2.93 bits per heavy atom. The number of amides is 1. The molecule has 2 aromatic rings. The monoisotopic (exact) mass is 433 g/mol. The van der Waals surface area contributed by atoms with E-state index in [1.165, 1.54) is 6.42 Å². The highest BCUT2D eigenvalue weighted by atomic mass is 35.5. The van der Waals surface area contributed by atoms with Crippen molar-refractivity contribution in [2.75, 3.05) is 33.3 Å². The zero-order chi connectivity index (χ0) is 20.1. The van der Waals surface area contributed by atoms with E-state index < -0.39 is 0 Å². The number of piperidine rings is 1. The first-order chi connectivity index (χ1) is 14.2. The largest absolute Gasteiger partial charge is 0.494 e. The molecule has 8 heteroatoms. The molecule has 2 aliphatic rings. The third-order valence-corrected chi connectivity index (χ3v) is 5.96. The second-order valence-electron chi connectivity index (χ2n) is 8.04. The topological polar surface area (TPSA) is 71.4 Å². The van der Waals surface area contributed by atoms with Crippen molar-refractivity contribution in [3.05, 3.63) is 42.2 Å². The Balaban J connectivity index is 0.00000256. The van der Waals surface area contributed by atoms with Crippen LogP contribution < -0.4 is 15.4 Å². The average molecular weight is 434 g/mol. The second kappa shape index (κ2) is 10.8. The molecule has 0 spiro atoms. The van der Waals surface area contributed by atoms with Crippen molar-refractivity contribution in [1.29, 1.82) is 0 Å². The number of hydrogen-bond acceptors (Lipinski definition) is 5. The third kappa shape index (κ3) is 5.33. The van der Waals surface area contributed by atoms with Crippen LogP contribution >= 0.6 is 12.4 Å². The SMILES string of the molecule is COc1ccccc1-n1nccc1CN1CCCC(CNC(=O)C2CCCN2)C1.Cl. The molecule has 2 fully saturated rings. The minimum Gasteiger partial charge on any atom is -0.494 e. The van der Waals surface area contributed by atoms with E-state index in [-0.39, 0.29) is 24.4 Å². The molecule has 0 saturated carbocycles. The minimum absolute atomic E-state index is 0. The van der Waals surface area contributed by atoms with Crippen LogP contribution in [-0.2, 0) is 11.3 Å². The van der Waals surface area contributed by atoms with Gasteiger partial charge in [-0.2, -0.15) is 5.10 Å². The fourth-order valence-corrected chi connectivity index (χ4v) is 4.44. The Kier molecular flexibility index (Phi) is 8.13. The van der Waals surface area contributed by atoms with Crippen LogP contribution in [0.2, 0.25) is 0 Å². The summed E-state index contributed by atoms with van der Waals surface area (Å²) in [4.78, 5) is 14.7. The van der Waals surface area contributed by atoms with Crippen molar-refractivity contribution in [3.63, 3.8) is 0 Å². The maximum absolute atomic E-state index is 12.3. The molecule has 2 aliphatic heterocycles. The van der Waals surface area contributed by atoms with Crippen molar-refractivity contribution in [1.82, 2.24) is 25.3 Å². The van der Waals surface area contributed by atoms with Crippen LogP contribution in [0.3, 0.4) is 0 Å². The summed E-state index contributed by atoms with van der Waals surface area (Å²) in [5, 5.41) is 11.0. The number of hydrogen-bond donors (Lipinski definition) is 2. The number of likely N-dealkylation sites (tertiary alicyclic amines) is 1. The predicted molar refractivity (Wildman–Crippen MR) is 119 cm³/mol. The maximum atomic E-state index is 12.3. The van der Waals surface area contributed by atoms with Gasteiger partial charge in [-0.05, 0) is 62.9 Å². The first-order valence-electron chi connectivity index (χ1n) is 10.6. The molecular formula is C22H32ClN5O2. The number of carbonyl (C=O) groups excluding carboxylic acids is 1. The molecular weight excluding hydrogens is 402 g/mol. The molecule has 1 aromatic heterocycles. The lowest BCUT2D eigenvalue weighted by Gasteiger charge is -2.33. The first kappa shape index (κ1) is 22.6. The van der Waals surface area contributed by atoms with Crippen molar-refractivity contribution in [3.8, 4) is 11.4 Å². The second-order valence-corrected chi connectivity index (χ2v) is 8.04. The van der Waals surface area contributed by atoms with Crippen LogP contribution in [0.25, 0.3) is 5.69 Å². The fraction of sp³-hybridized carbons (Fsp3) is 0.545. The van der Waals surface area contributed by atoms with Crippen LogP contribution in [-0.4, -0.2) is 59.9 Å². The number of benzene rings is 1. The van der Waals surface area contributed by atoms with Gasteiger partial charge in [-0.15, -0.1) is 12.4 Å². The van der Waals surface area contributed by atoms with Crippen molar-refractivity contribution in [2.24, 2.45) is 5.92 Å². The molecule has 164 valence electrons. The number of methoxy groups -OCH3 is 1. The van der Waals surface area contributed by atoms with Crippen LogP contribution in [0.15, 0.2) is 36.5 Å². The number of para-hydroxylation sites is 2. The summed E-state index contributed by atoms with van der Waals surface area (Å²) in [6.07, 6.45) is 6.22. The number of nitrogens with one attached hydrogen (secondary N) is 2. The molecule has 2 unspecified atom stereocenters. The van der Waals surface area contributed by atoms with Gasteiger partial charge < -0.3 is 15.4 Å². The van der Waals surface area contributed by atoms with Gasteiger partial charge in [-0.1, -0.05) is 12.1 Å². The van der Waals surface area contributed by atoms with E-state index in [1.807, 2.05) is 35.1 Å². The number of aromatic nitrogens is 2. The highest BCUT2D eigenvalue weighted by molar-refractivity contribution is 5.85. The Morgan fingerprint density at radius 1 is 1.27 bits per heavy atom. The summed E-state index contributed by atoms with van der Waals surface area (Å²) in [6, 6.07) is 10.0. The molecule has 2 saturated heterocycles. The summed E-state index contributed by atoms with van der Waals surface area (Å²) < 4.78 is 7.48. The standard InChI is InChI=1S/C22H31N5O2.ClH/c1-29-21-9-3-2-8-20(21)27-18(10-12-25-27)16-26-13-5-6-17(15-26)14-24-22(28)19-7-4-11-23-19;/h2-3,8-10,12,17,19,23H,4-7,11,13-16H2,1H3,(H,24,28);1H. The summed E-state index contributed by atoms with van der Waals surface area (Å²) in [7, 11) is 1.69. The Morgan fingerprint density at radius 2 is 2.13 bits per heavy atom. The summed E-state index contributed by atoms with van der Waals surface area (Å²) in [5.74, 6) is 1.47. The van der Waals surface area contributed by atoms with Gasteiger partial charge in [-0.25, -0.2) is 4.68 Å². The molecule has 1 aromatic carbocycles. The first-order valence-corrected chi connectivity index (χ1v) is 10.6. The molecule has 2 N–H and O–H groups in total. The Hall–Kier alpha value is -2.09. The predicted octanol–water partition coefficient (Wildman–Crippen LogP) is 2.38. The number of carbonyl (C=O) groups is 1. The van der Waals surface area contributed by atoms with E-state index in [4.69, 9.17) is 4.74 Å². The van der Waals surface area contributed by atoms with Gasteiger partial charge in [0.2, 0.25) is 5.91 Å². The minimum atomic E-state index is 0. The van der Waals surface area contributed by atoms with Crippen LogP contribution in [0.4, 0.5) is 0 Å². The molecule has 7 nitrogen and oxygen atoms in total. The lowest BCUT2D eigenvalue weighted by Crippen LogP contribution is -2.45. The van der Waals surface area contributed by atoms with E-state index in [2.05, 4.69) is 26.7 Å². The zero-order valence-electron chi connectivity index (χ0n) is 17.5. The van der Waals surface area contributed by atoms with E-state index in [0.29, 0.717) is 5.92 Å². The van der Waals surface area contributed by atoms with Crippen LogP contribution in [0.5, 0.6) is 5.75 Å². The number of halogens is 1. The van der Waals surface area contributed by atoms with Gasteiger partial charge >= 0.3 is 0 Å². The van der Waals surface area contributed by atoms with Crippen molar-refractivity contribution < 1.29 is 9.53 Å². The van der Waals surface area contributed by atoms with Gasteiger partial charge in [0.15, 0.2) is 0 Å². The maximum Gasteiger partial charge on any atom is 0.237 e. The normalized spacial score (nSPS) is 21.8. The molecule has 4 rings (SSSR count).